The maximum absolute atomic E-state index is 11.2. The molecule has 0 aromatic rings. The van der Waals surface area contributed by atoms with Gasteiger partial charge in [-0.15, -0.1) is 0 Å². The number of nitrogens with zero attached hydrogens (tertiary/aromatic N) is 1. The fourth-order valence-electron chi connectivity index (χ4n) is 1.27. The van der Waals surface area contributed by atoms with Gasteiger partial charge in [0.1, 0.15) is 0 Å². The second-order valence-electron chi connectivity index (χ2n) is 2.84. The van der Waals surface area contributed by atoms with Crippen molar-refractivity contribution in [2.45, 2.75) is 25.7 Å². The van der Waals surface area contributed by atoms with Crippen LogP contribution in [0.15, 0.2) is 0 Å². The number of halogens is 1. The van der Waals surface area contributed by atoms with E-state index in [0.29, 0.717) is 19.4 Å². The zero-order valence-electron chi connectivity index (χ0n) is 6.88. The van der Waals surface area contributed by atoms with Crippen molar-refractivity contribution in [3.63, 3.8) is 0 Å². The number of likely N-dealkylation sites (tertiary alicyclic amines) is 1. The molecule has 0 bridgehead atoms. The minimum Gasteiger partial charge on any atom is -0.283 e. The van der Waals surface area contributed by atoms with E-state index in [1.54, 1.807) is 0 Å². The lowest BCUT2D eigenvalue weighted by Crippen LogP contribution is -2.40. The van der Waals surface area contributed by atoms with Gasteiger partial charge in [-0.05, 0) is 12.8 Å². The molecule has 2 amide bonds. The van der Waals surface area contributed by atoms with Crippen molar-refractivity contribution >= 4 is 27.7 Å². The Morgan fingerprint density at radius 2 is 1.83 bits per heavy atom. The van der Waals surface area contributed by atoms with E-state index in [0.717, 1.165) is 18.2 Å². The molecule has 3 nitrogen and oxygen atoms in total. The highest BCUT2D eigenvalue weighted by molar-refractivity contribution is 9.09. The van der Waals surface area contributed by atoms with Gasteiger partial charge in [-0.2, -0.15) is 0 Å². The molecule has 0 aromatic carbocycles. The Balaban J connectivity index is 2.45. The normalized spacial score (nSPS) is 18.6. The van der Waals surface area contributed by atoms with Gasteiger partial charge in [-0.3, -0.25) is 14.5 Å². The quantitative estimate of drug-likeness (QED) is 0.545. The third-order valence-electron chi connectivity index (χ3n) is 1.90. The molecule has 68 valence electrons. The zero-order chi connectivity index (χ0) is 8.97. The largest absolute Gasteiger partial charge is 0.283 e. The minimum absolute atomic E-state index is 0.00722. The molecule has 0 radical (unpaired) electrons. The van der Waals surface area contributed by atoms with E-state index >= 15 is 0 Å². The Kier molecular flexibility index (Phi) is 3.72. The topological polar surface area (TPSA) is 37.4 Å². The Morgan fingerprint density at radius 1 is 1.25 bits per heavy atom. The first-order valence-electron chi connectivity index (χ1n) is 4.15. The van der Waals surface area contributed by atoms with Crippen LogP contribution in [-0.4, -0.2) is 28.6 Å². The summed E-state index contributed by atoms with van der Waals surface area (Å²) in [5.41, 5.74) is 0. The Bertz CT molecular complexity index is 177. The van der Waals surface area contributed by atoms with Crippen LogP contribution in [0.5, 0.6) is 0 Å². The standard InChI is InChI=1S/C8H12BrNO2/c9-5-2-6-10-7(11)3-1-4-8(10)12/h1-6H2. The van der Waals surface area contributed by atoms with Crippen LogP contribution in [0.1, 0.15) is 25.7 Å². The molecule has 0 N–H and O–H groups in total. The van der Waals surface area contributed by atoms with Crippen molar-refractivity contribution in [1.82, 2.24) is 4.90 Å². The summed E-state index contributed by atoms with van der Waals surface area (Å²) < 4.78 is 0. The number of rotatable bonds is 3. The summed E-state index contributed by atoms with van der Waals surface area (Å²) in [6, 6.07) is 0. The molecule has 0 aliphatic carbocycles. The number of imide groups is 1. The number of carbonyl (C=O) groups excluding carboxylic acids is 2. The molecule has 0 spiro atoms. The second kappa shape index (κ2) is 4.60. The van der Waals surface area contributed by atoms with Crippen LogP contribution in [0, 0.1) is 0 Å². The van der Waals surface area contributed by atoms with Gasteiger partial charge >= 0.3 is 0 Å². The molecule has 1 aliphatic heterocycles. The van der Waals surface area contributed by atoms with Gasteiger partial charge in [-0.1, -0.05) is 15.9 Å². The first-order chi connectivity index (χ1) is 5.75. The highest BCUT2D eigenvalue weighted by Gasteiger charge is 2.24. The smallest absolute Gasteiger partial charge is 0.229 e. The molecule has 4 heteroatoms. The van der Waals surface area contributed by atoms with Gasteiger partial charge < -0.3 is 0 Å². The van der Waals surface area contributed by atoms with Crippen LogP contribution in [0.2, 0.25) is 0 Å². The second-order valence-corrected chi connectivity index (χ2v) is 3.63. The van der Waals surface area contributed by atoms with Gasteiger partial charge in [0.2, 0.25) is 11.8 Å². The summed E-state index contributed by atoms with van der Waals surface area (Å²) in [4.78, 5) is 23.8. The van der Waals surface area contributed by atoms with Crippen LogP contribution in [0.3, 0.4) is 0 Å². The summed E-state index contributed by atoms with van der Waals surface area (Å²) in [7, 11) is 0. The van der Waals surface area contributed by atoms with Gasteiger partial charge in [-0.25, -0.2) is 0 Å². The van der Waals surface area contributed by atoms with Crippen molar-refractivity contribution in [2.75, 3.05) is 11.9 Å². The van der Waals surface area contributed by atoms with Crippen LogP contribution < -0.4 is 0 Å². The van der Waals surface area contributed by atoms with Crippen LogP contribution in [0.4, 0.5) is 0 Å². The predicted molar refractivity (Wildman–Crippen MR) is 49.0 cm³/mol. The average molecular weight is 234 g/mol. The number of hydrogen-bond donors (Lipinski definition) is 0. The number of amides is 2. The summed E-state index contributed by atoms with van der Waals surface area (Å²) in [5.74, 6) is -0.0144. The minimum atomic E-state index is -0.00722. The van der Waals surface area contributed by atoms with E-state index in [4.69, 9.17) is 0 Å². The number of hydrogen-bond acceptors (Lipinski definition) is 2. The number of alkyl halides is 1. The van der Waals surface area contributed by atoms with E-state index in [1.807, 2.05) is 0 Å². The zero-order valence-corrected chi connectivity index (χ0v) is 8.47. The van der Waals surface area contributed by atoms with Crippen LogP contribution >= 0.6 is 15.9 Å². The maximum atomic E-state index is 11.2. The van der Waals surface area contributed by atoms with Crippen molar-refractivity contribution in [3.8, 4) is 0 Å². The molecular formula is C8H12BrNO2. The summed E-state index contributed by atoms with van der Waals surface area (Å²) >= 11 is 3.27. The number of carbonyl (C=O) groups is 2. The third kappa shape index (κ3) is 2.30. The van der Waals surface area contributed by atoms with Gasteiger partial charge in [0, 0.05) is 24.7 Å². The van der Waals surface area contributed by atoms with Crippen LogP contribution in [-0.2, 0) is 9.59 Å². The maximum Gasteiger partial charge on any atom is 0.229 e. The number of piperidine rings is 1. The first kappa shape index (κ1) is 9.71. The molecule has 0 saturated carbocycles. The molecule has 1 aliphatic rings. The molecule has 1 rings (SSSR count). The Labute approximate surface area is 80.2 Å². The van der Waals surface area contributed by atoms with Crippen LogP contribution in [0.25, 0.3) is 0 Å². The summed E-state index contributed by atoms with van der Waals surface area (Å²) in [6.45, 7) is 0.572. The summed E-state index contributed by atoms with van der Waals surface area (Å²) in [5, 5.41) is 0.837. The van der Waals surface area contributed by atoms with E-state index in [-0.39, 0.29) is 11.8 Å². The van der Waals surface area contributed by atoms with Crippen molar-refractivity contribution in [3.05, 3.63) is 0 Å². The lowest BCUT2D eigenvalue weighted by atomic mass is 10.1. The molecular weight excluding hydrogens is 222 g/mol. The Hall–Kier alpha value is -0.380. The summed E-state index contributed by atoms with van der Waals surface area (Å²) in [6.07, 6.45) is 2.64. The predicted octanol–water partition coefficient (Wildman–Crippen LogP) is 1.31. The molecule has 0 aromatic heterocycles. The SMILES string of the molecule is O=C1CCCC(=O)N1CCCBr. The third-order valence-corrected chi connectivity index (χ3v) is 2.46. The van der Waals surface area contributed by atoms with Gasteiger partial charge in [0.05, 0.1) is 0 Å². The lowest BCUT2D eigenvalue weighted by molar-refractivity contribution is -0.147. The molecule has 1 heterocycles. The van der Waals surface area contributed by atoms with Crippen molar-refractivity contribution in [2.24, 2.45) is 0 Å². The lowest BCUT2D eigenvalue weighted by Gasteiger charge is -2.24. The fourth-order valence-corrected chi connectivity index (χ4v) is 1.52. The molecule has 1 fully saturated rings. The fraction of sp³-hybridized carbons (Fsp3) is 0.750. The van der Waals surface area contributed by atoms with E-state index in [1.165, 1.54) is 4.90 Å². The van der Waals surface area contributed by atoms with E-state index < -0.39 is 0 Å². The Morgan fingerprint density at radius 3 is 2.33 bits per heavy atom. The van der Waals surface area contributed by atoms with E-state index in [2.05, 4.69) is 15.9 Å². The highest BCUT2D eigenvalue weighted by Crippen LogP contribution is 2.12. The van der Waals surface area contributed by atoms with Crippen molar-refractivity contribution < 1.29 is 9.59 Å². The molecule has 0 atom stereocenters. The van der Waals surface area contributed by atoms with E-state index in [9.17, 15) is 9.59 Å². The molecule has 1 saturated heterocycles. The van der Waals surface area contributed by atoms with Gasteiger partial charge in [0.15, 0.2) is 0 Å². The average Bonchev–Trinajstić information content (AvgIpc) is 2.04. The molecule has 12 heavy (non-hydrogen) atoms. The van der Waals surface area contributed by atoms with Crippen molar-refractivity contribution in [1.29, 1.82) is 0 Å². The van der Waals surface area contributed by atoms with Gasteiger partial charge in [0.25, 0.3) is 0 Å². The first-order valence-corrected chi connectivity index (χ1v) is 5.27. The highest BCUT2D eigenvalue weighted by atomic mass is 79.9. The monoisotopic (exact) mass is 233 g/mol. The molecule has 0 unspecified atom stereocenters.